The van der Waals surface area contributed by atoms with Crippen LogP contribution in [0.25, 0.3) is 0 Å². The smallest absolute Gasteiger partial charge is 0.342 e. The molecular weight excluding hydrogens is 416 g/mol. The first-order valence-corrected chi connectivity index (χ1v) is 11.0. The van der Waals surface area contributed by atoms with Gasteiger partial charge in [0.05, 0.1) is 12.0 Å². The lowest BCUT2D eigenvalue weighted by Crippen LogP contribution is -2.57. The lowest BCUT2D eigenvalue weighted by Gasteiger charge is -2.51. The van der Waals surface area contributed by atoms with E-state index in [1.54, 1.807) is 6.92 Å². The number of carbonyl (C=O) groups is 4. The van der Waals surface area contributed by atoms with Crippen molar-refractivity contribution in [2.24, 2.45) is 11.3 Å². The molecule has 5 rings (SSSR count). The topological polar surface area (TPSA) is 109 Å². The molecule has 0 spiro atoms. The molecule has 4 aliphatic rings. The number of allylic oxidation sites excluding steroid dienone is 1. The summed E-state index contributed by atoms with van der Waals surface area (Å²) in [6.07, 6.45) is 1.09. The fourth-order valence-electron chi connectivity index (χ4n) is 6.32. The van der Waals surface area contributed by atoms with Crippen LogP contribution in [0.4, 0.5) is 0 Å². The molecule has 0 amide bonds. The molecule has 1 fully saturated rings. The Bertz CT molecular complexity index is 1090. The molecule has 0 N–H and O–H groups in total. The number of rotatable bonds is 4. The van der Waals surface area contributed by atoms with E-state index in [9.17, 15) is 19.2 Å². The Balaban J connectivity index is 1.80. The molecular formula is C24H26O8. The Labute approximate surface area is 185 Å². The molecule has 8 heteroatoms. The van der Waals surface area contributed by atoms with E-state index < -0.39 is 35.0 Å². The maximum Gasteiger partial charge on any atom is 0.342 e. The lowest BCUT2D eigenvalue weighted by molar-refractivity contribution is -0.151. The molecule has 3 aliphatic carbocycles. The fourth-order valence-corrected chi connectivity index (χ4v) is 6.32. The highest BCUT2D eigenvalue weighted by Gasteiger charge is 2.64. The molecule has 0 saturated heterocycles. The molecule has 0 aromatic carbocycles. The summed E-state index contributed by atoms with van der Waals surface area (Å²) >= 11 is 0. The van der Waals surface area contributed by atoms with Gasteiger partial charge in [0.2, 0.25) is 5.78 Å². The molecule has 1 aromatic rings. The monoisotopic (exact) mass is 442 g/mol. The van der Waals surface area contributed by atoms with E-state index >= 15 is 0 Å². The van der Waals surface area contributed by atoms with E-state index in [1.807, 2.05) is 13.8 Å². The summed E-state index contributed by atoms with van der Waals surface area (Å²) in [5.41, 5.74) is -0.0505. The zero-order valence-electron chi connectivity index (χ0n) is 18.6. The van der Waals surface area contributed by atoms with Gasteiger partial charge in [0.1, 0.15) is 29.8 Å². The normalized spacial score (nSPS) is 35.2. The zero-order valence-corrected chi connectivity index (χ0v) is 18.6. The fraction of sp³-hybridized carbons (Fsp3) is 0.583. The van der Waals surface area contributed by atoms with Crippen molar-refractivity contribution in [1.29, 1.82) is 0 Å². The van der Waals surface area contributed by atoms with E-state index in [-0.39, 0.29) is 41.8 Å². The number of furan rings is 1. The van der Waals surface area contributed by atoms with Gasteiger partial charge >= 0.3 is 11.9 Å². The van der Waals surface area contributed by atoms with E-state index in [0.717, 1.165) is 0 Å². The molecule has 8 nitrogen and oxygen atoms in total. The minimum absolute atomic E-state index is 0.0685. The Morgan fingerprint density at radius 2 is 2.00 bits per heavy atom. The van der Waals surface area contributed by atoms with Gasteiger partial charge < -0.3 is 18.6 Å². The predicted octanol–water partition coefficient (Wildman–Crippen LogP) is 2.93. The standard InChI is InChI=1S/C24H26O8/c1-5-16(26)31-13-8-23(2)12(6-7-14(23)25)17-19(13)24(3)15(10-29-4)32-22(28)11-9-30-21(18(11)24)20(17)27/h9,12-13,15H,5-8,10H2,1-4H3/t12-,13+,15+,23-,24-/m0/s1. The van der Waals surface area contributed by atoms with Crippen molar-refractivity contribution in [3.05, 3.63) is 34.3 Å². The van der Waals surface area contributed by atoms with Crippen molar-refractivity contribution in [3.8, 4) is 0 Å². The van der Waals surface area contributed by atoms with Crippen LogP contribution in [-0.4, -0.2) is 49.4 Å². The molecule has 1 saturated carbocycles. The maximum absolute atomic E-state index is 13.8. The first kappa shape index (κ1) is 21.1. The third-order valence-corrected chi connectivity index (χ3v) is 7.95. The van der Waals surface area contributed by atoms with Gasteiger partial charge in [-0.2, -0.15) is 0 Å². The van der Waals surface area contributed by atoms with E-state index in [1.165, 1.54) is 13.4 Å². The second-order valence-corrected chi connectivity index (χ2v) is 9.53. The van der Waals surface area contributed by atoms with Crippen LogP contribution in [0.2, 0.25) is 0 Å². The average Bonchev–Trinajstić information content (AvgIpc) is 3.33. The largest absolute Gasteiger partial charge is 0.460 e. The molecule has 0 unspecified atom stereocenters. The number of cyclic esters (lactones) is 1. The van der Waals surface area contributed by atoms with Gasteiger partial charge in [-0.1, -0.05) is 13.8 Å². The third kappa shape index (κ3) is 2.47. The summed E-state index contributed by atoms with van der Waals surface area (Å²) in [6.45, 7) is 5.53. The number of fused-ring (bicyclic) bond motifs is 3. The minimum atomic E-state index is -0.990. The van der Waals surface area contributed by atoms with Crippen molar-refractivity contribution in [2.75, 3.05) is 13.7 Å². The second kappa shape index (κ2) is 6.88. The molecule has 2 heterocycles. The van der Waals surface area contributed by atoms with E-state index in [2.05, 4.69) is 0 Å². The first-order valence-electron chi connectivity index (χ1n) is 11.0. The van der Waals surface area contributed by atoms with Crippen LogP contribution >= 0.6 is 0 Å². The number of hydrogen-bond acceptors (Lipinski definition) is 8. The minimum Gasteiger partial charge on any atom is -0.460 e. The summed E-state index contributed by atoms with van der Waals surface area (Å²) in [7, 11) is 1.51. The van der Waals surface area contributed by atoms with Crippen molar-refractivity contribution >= 4 is 23.5 Å². The van der Waals surface area contributed by atoms with Gasteiger partial charge in [-0.05, 0) is 18.9 Å². The number of carbonyl (C=O) groups excluding carboxylic acids is 4. The third-order valence-electron chi connectivity index (χ3n) is 7.95. The van der Waals surface area contributed by atoms with Gasteiger partial charge in [-0.3, -0.25) is 14.4 Å². The van der Waals surface area contributed by atoms with Crippen LogP contribution in [0.1, 0.15) is 72.9 Å². The van der Waals surface area contributed by atoms with Crippen molar-refractivity contribution < 1.29 is 37.8 Å². The quantitative estimate of drug-likeness (QED) is 0.655. The zero-order chi connectivity index (χ0) is 23.0. The lowest BCUT2D eigenvalue weighted by atomic mass is 9.54. The number of esters is 2. The van der Waals surface area contributed by atoms with Gasteiger partial charge in [0, 0.05) is 48.8 Å². The van der Waals surface area contributed by atoms with Crippen LogP contribution in [0.5, 0.6) is 0 Å². The second-order valence-electron chi connectivity index (χ2n) is 9.53. The summed E-state index contributed by atoms with van der Waals surface area (Å²) in [4.78, 5) is 51.8. The summed E-state index contributed by atoms with van der Waals surface area (Å²) < 4.78 is 22.6. The van der Waals surface area contributed by atoms with Gasteiger partial charge in [-0.25, -0.2) is 4.79 Å². The Hall–Kier alpha value is -2.74. The number of ether oxygens (including phenoxy) is 3. The van der Waals surface area contributed by atoms with Crippen molar-refractivity contribution in [1.82, 2.24) is 0 Å². The summed E-state index contributed by atoms with van der Waals surface area (Å²) in [5, 5.41) is 0. The van der Waals surface area contributed by atoms with Crippen molar-refractivity contribution in [2.45, 2.75) is 64.1 Å². The molecule has 1 aliphatic heterocycles. The molecule has 0 radical (unpaired) electrons. The SMILES string of the molecule is CCC(=O)O[C@@H]1C[C@]2(C)C(=O)CC[C@H]2C2=C1[C@]1(C)c3c(coc3C2=O)C(=O)O[C@@H]1COC. The van der Waals surface area contributed by atoms with Gasteiger partial charge in [0.25, 0.3) is 0 Å². The van der Waals surface area contributed by atoms with E-state index in [0.29, 0.717) is 36.0 Å². The highest BCUT2D eigenvalue weighted by Crippen LogP contribution is 2.61. The predicted molar refractivity (Wildman–Crippen MR) is 109 cm³/mol. The molecule has 170 valence electrons. The highest BCUT2D eigenvalue weighted by atomic mass is 16.6. The van der Waals surface area contributed by atoms with Gasteiger partial charge in [-0.15, -0.1) is 0 Å². The Kier molecular flexibility index (Phi) is 4.54. The van der Waals surface area contributed by atoms with Crippen molar-refractivity contribution in [3.63, 3.8) is 0 Å². The molecule has 0 bridgehead atoms. The molecule has 5 atom stereocenters. The van der Waals surface area contributed by atoms with Crippen LogP contribution in [0.15, 0.2) is 21.8 Å². The van der Waals surface area contributed by atoms with Gasteiger partial charge in [0.15, 0.2) is 5.76 Å². The van der Waals surface area contributed by atoms with Crippen LogP contribution in [0, 0.1) is 11.3 Å². The van der Waals surface area contributed by atoms with Crippen LogP contribution in [-0.2, 0) is 29.2 Å². The maximum atomic E-state index is 13.8. The Morgan fingerprint density at radius 1 is 1.25 bits per heavy atom. The van der Waals surface area contributed by atoms with Crippen LogP contribution in [0.3, 0.4) is 0 Å². The molecule has 1 aromatic heterocycles. The highest BCUT2D eigenvalue weighted by molar-refractivity contribution is 6.14. The van der Waals surface area contributed by atoms with Crippen LogP contribution < -0.4 is 0 Å². The number of Topliss-reactive ketones (excluding diaryl/α,β-unsaturated/α-hetero) is 2. The number of ketones is 2. The summed E-state index contributed by atoms with van der Waals surface area (Å²) in [5.74, 6) is -1.48. The first-order chi connectivity index (χ1) is 15.2. The average molecular weight is 442 g/mol. The summed E-state index contributed by atoms with van der Waals surface area (Å²) in [6, 6.07) is 0. The van der Waals surface area contributed by atoms with E-state index in [4.69, 9.17) is 18.6 Å². The Morgan fingerprint density at radius 3 is 2.69 bits per heavy atom. The number of hydrogen-bond donors (Lipinski definition) is 0. The molecule has 32 heavy (non-hydrogen) atoms. The number of methoxy groups -OCH3 is 1.